The molecule has 1 aromatic heterocycles. The molecule has 0 saturated carbocycles. The highest BCUT2D eigenvalue weighted by molar-refractivity contribution is 9.10. The van der Waals surface area contributed by atoms with E-state index in [1.807, 2.05) is 0 Å². The van der Waals surface area contributed by atoms with Crippen molar-refractivity contribution in [3.05, 3.63) is 154 Å². The van der Waals surface area contributed by atoms with Gasteiger partial charge in [0, 0.05) is 59.2 Å². The van der Waals surface area contributed by atoms with E-state index >= 15 is 0 Å². The van der Waals surface area contributed by atoms with Crippen molar-refractivity contribution in [1.82, 2.24) is 4.98 Å². The summed E-state index contributed by atoms with van der Waals surface area (Å²) in [6, 6.07) is 50.3. The Bertz CT molecular complexity index is 2050. The fraction of sp³-hybridized carbons (Fsp3) is 0.182. The van der Waals surface area contributed by atoms with E-state index in [2.05, 4.69) is 200 Å². The maximum atomic E-state index is 3.81. The van der Waals surface area contributed by atoms with E-state index in [9.17, 15) is 0 Å². The lowest BCUT2D eigenvalue weighted by molar-refractivity contribution is 0.449. The standard InChI is InChI=1S/C44H41Br2N3/c1-3-5-12-31(4-2)27-32-28-43-41(30-44(32)49(37-21-17-33(45)18-22-37)38-23-19-34(46)20-24-38)40-29-39(25-26-42(40)47-43)48(35-13-8-6-9-14-35)36-15-10-7-11-16-36/h6-11,13-26,28-31,47H,3-5,12,27H2,1-2H3. The Hall–Kier alpha value is -4.32. The number of nitrogens with one attached hydrogen (secondary N) is 1. The first-order valence-corrected chi connectivity index (χ1v) is 18.9. The van der Waals surface area contributed by atoms with Crippen molar-refractivity contribution in [2.45, 2.75) is 46.0 Å². The zero-order valence-corrected chi connectivity index (χ0v) is 31.2. The molecule has 1 N–H and O–H groups in total. The van der Waals surface area contributed by atoms with Crippen molar-refractivity contribution >= 4 is 87.8 Å². The first-order valence-electron chi connectivity index (χ1n) is 17.3. The largest absolute Gasteiger partial charge is 0.354 e. The lowest BCUT2D eigenvalue weighted by Crippen LogP contribution is -2.14. The molecule has 1 heterocycles. The molecule has 6 aromatic carbocycles. The zero-order valence-electron chi connectivity index (χ0n) is 28.0. The summed E-state index contributed by atoms with van der Waals surface area (Å²) < 4.78 is 2.14. The number of para-hydroxylation sites is 2. The van der Waals surface area contributed by atoms with Gasteiger partial charge in [-0.15, -0.1) is 0 Å². The number of aromatic nitrogens is 1. The Morgan fingerprint density at radius 1 is 0.551 bits per heavy atom. The normalized spacial score (nSPS) is 12.0. The molecule has 3 nitrogen and oxygen atoms in total. The number of aromatic amines is 1. The van der Waals surface area contributed by atoms with Crippen LogP contribution in [0.25, 0.3) is 21.8 Å². The quantitative estimate of drug-likeness (QED) is 0.134. The van der Waals surface area contributed by atoms with E-state index in [0.29, 0.717) is 5.92 Å². The summed E-state index contributed by atoms with van der Waals surface area (Å²) in [7, 11) is 0. The lowest BCUT2D eigenvalue weighted by atomic mass is 9.90. The van der Waals surface area contributed by atoms with Crippen molar-refractivity contribution in [3.63, 3.8) is 0 Å². The number of nitrogens with zero attached hydrogens (tertiary/aromatic N) is 2. The van der Waals surface area contributed by atoms with Gasteiger partial charge in [0.15, 0.2) is 0 Å². The van der Waals surface area contributed by atoms with Crippen LogP contribution >= 0.6 is 31.9 Å². The molecule has 0 amide bonds. The van der Waals surface area contributed by atoms with Crippen molar-refractivity contribution in [1.29, 1.82) is 0 Å². The molecule has 0 spiro atoms. The number of halogens is 2. The Morgan fingerprint density at radius 2 is 1.08 bits per heavy atom. The van der Waals surface area contributed by atoms with Gasteiger partial charge in [0.05, 0.1) is 5.69 Å². The minimum atomic E-state index is 0.620. The van der Waals surface area contributed by atoms with Gasteiger partial charge in [-0.1, -0.05) is 108 Å². The average Bonchev–Trinajstić information content (AvgIpc) is 3.49. The predicted octanol–water partition coefficient (Wildman–Crippen LogP) is 14.5. The topological polar surface area (TPSA) is 22.3 Å². The molecule has 49 heavy (non-hydrogen) atoms. The van der Waals surface area contributed by atoms with Crippen LogP contribution in [0, 0.1) is 5.92 Å². The van der Waals surface area contributed by atoms with Gasteiger partial charge in [-0.3, -0.25) is 0 Å². The number of fused-ring (bicyclic) bond motifs is 3. The van der Waals surface area contributed by atoms with Gasteiger partial charge in [0.2, 0.25) is 0 Å². The van der Waals surface area contributed by atoms with Crippen molar-refractivity contribution < 1.29 is 0 Å². The van der Waals surface area contributed by atoms with Crippen LogP contribution in [-0.4, -0.2) is 4.98 Å². The van der Waals surface area contributed by atoms with Crippen LogP contribution in [0.2, 0.25) is 0 Å². The molecule has 5 heteroatoms. The van der Waals surface area contributed by atoms with Crippen LogP contribution in [0.4, 0.5) is 34.1 Å². The molecule has 7 aromatic rings. The first kappa shape index (κ1) is 33.2. The van der Waals surface area contributed by atoms with Crippen LogP contribution in [0.3, 0.4) is 0 Å². The van der Waals surface area contributed by atoms with E-state index in [4.69, 9.17) is 0 Å². The van der Waals surface area contributed by atoms with Crippen molar-refractivity contribution in [2.24, 2.45) is 5.92 Å². The highest BCUT2D eigenvalue weighted by Gasteiger charge is 2.22. The Labute approximate surface area is 306 Å². The molecule has 1 atom stereocenters. The van der Waals surface area contributed by atoms with E-state index < -0.39 is 0 Å². The van der Waals surface area contributed by atoms with E-state index in [-0.39, 0.29) is 0 Å². The number of hydrogen-bond donors (Lipinski definition) is 1. The molecule has 7 rings (SSSR count). The van der Waals surface area contributed by atoms with E-state index in [1.54, 1.807) is 0 Å². The molecule has 0 saturated heterocycles. The van der Waals surface area contributed by atoms with Crippen LogP contribution in [0.5, 0.6) is 0 Å². The fourth-order valence-corrected chi connectivity index (χ4v) is 7.47. The average molecular weight is 772 g/mol. The molecule has 0 aliphatic rings. The second-order valence-electron chi connectivity index (χ2n) is 12.8. The highest BCUT2D eigenvalue weighted by atomic mass is 79.9. The summed E-state index contributed by atoms with van der Waals surface area (Å²) in [5, 5.41) is 2.43. The lowest BCUT2D eigenvalue weighted by Gasteiger charge is -2.29. The number of anilines is 6. The molecule has 0 aliphatic carbocycles. The van der Waals surface area contributed by atoms with Crippen LogP contribution in [0.15, 0.2) is 148 Å². The second-order valence-corrected chi connectivity index (χ2v) is 14.6. The molecule has 0 fully saturated rings. The molecular formula is C44H41Br2N3. The van der Waals surface area contributed by atoms with E-state index in [1.165, 1.54) is 53.2 Å². The fourth-order valence-electron chi connectivity index (χ4n) is 6.94. The molecule has 246 valence electrons. The van der Waals surface area contributed by atoms with E-state index in [0.717, 1.165) is 49.3 Å². The smallest absolute Gasteiger partial charge is 0.0501 e. The summed E-state index contributed by atoms with van der Waals surface area (Å²) in [6.07, 6.45) is 5.92. The summed E-state index contributed by atoms with van der Waals surface area (Å²) >= 11 is 7.34. The number of hydrogen-bond acceptors (Lipinski definition) is 2. The predicted molar refractivity (Wildman–Crippen MR) is 218 cm³/mol. The van der Waals surface area contributed by atoms with Crippen molar-refractivity contribution in [3.8, 4) is 0 Å². The molecule has 1 unspecified atom stereocenters. The van der Waals surface area contributed by atoms with Crippen LogP contribution in [0.1, 0.15) is 45.1 Å². The van der Waals surface area contributed by atoms with Gasteiger partial charge in [0.1, 0.15) is 0 Å². The van der Waals surface area contributed by atoms with Gasteiger partial charge in [-0.2, -0.15) is 0 Å². The molecule has 0 bridgehead atoms. The zero-order chi connectivity index (χ0) is 33.7. The number of unbranched alkanes of at least 4 members (excludes halogenated alkanes) is 1. The molecule has 0 aliphatic heterocycles. The van der Waals surface area contributed by atoms with Crippen LogP contribution in [-0.2, 0) is 6.42 Å². The summed E-state index contributed by atoms with van der Waals surface area (Å²) in [5.74, 6) is 0.620. The van der Waals surface area contributed by atoms with Gasteiger partial charge < -0.3 is 14.8 Å². The summed E-state index contributed by atoms with van der Waals surface area (Å²) in [6.45, 7) is 4.64. The monoisotopic (exact) mass is 769 g/mol. The third kappa shape index (κ3) is 7.20. The van der Waals surface area contributed by atoms with Crippen LogP contribution < -0.4 is 9.80 Å². The number of benzene rings is 6. The summed E-state index contributed by atoms with van der Waals surface area (Å²) in [4.78, 5) is 8.58. The van der Waals surface area contributed by atoms with Gasteiger partial charge in [0.25, 0.3) is 0 Å². The number of rotatable bonds is 12. The molecular weight excluding hydrogens is 730 g/mol. The third-order valence-electron chi connectivity index (χ3n) is 9.53. The maximum absolute atomic E-state index is 3.81. The number of H-pyrrole nitrogens is 1. The Morgan fingerprint density at radius 3 is 1.63 bits per heavy atom. The first-order chi connectivity index (χ1) is 24.0. The Kier molecular flexibility index (Phi) is 10.2. The summed E-state index contributed by atoms with van der Waals surface area (Å²) in [5.41, 5.74) is 10.5. The minimum Gasteiger partial charge on any atom is -0.354 e. The second kappa shape index (κ2) is 15.1. The minimum absolute atomic E-state index is 0.620. The SMILES string of the molecule is CCCCC(CC)Cc1cc2[nH]c3ccc(N(c4ccccc4)c4ccccc4)cc3c2cc1N(c1ccc(Br)cc1)c1ccc(Br)cc1. The Balaban J connectivity index is 1.45. The van der Waals surface area contributed by atoms with Gasteiger partial charge in [-0.25, -0.2) is 0 Å². The maximum Gasteiger partial charge on any atom is 0.0501 e. The van der Waals surface area contributed by atoms with Gasteiger partial charge >= 0.3 is 0 Å². The highest BCUT2D eigenvalue weighted by Crippen LogP contribution is 2.43. The van der Waals surface area contributed by atoms with Gasteiger partial charge in [-0.05, 0) is 121 Å². The third-order valence-corrected chi connectivity index (χ3v) is 10.6. The van der Waals surface area contributed by atoms with Crippen molar-refractivity contribution in [2.75, 3.05) is 9.80 Å². The molecule has 0 radical (unpaired) electrons.